The fraction of sp³-hybridized carbons (Fsp3) is 0.250. The third-order valence-corrected chi connectivity index (χ3v) is 10.8. The fourth-order valence-corrected chi connectivity index (χ4v) is 8.43. The van der Waals surface area contributed by atoms with Gasteiger partial charge in [0, 0.05) is 15.8 Å². The van der Waals surface area contributed by atoms with Crippen molar-refractivity contribution in [3.05, 3.63) is 121 Å². The number of fused-ring (bicyclic) bond motifs is 1. The Hall–Kier alpha value is -2.89. The van der Waals surface area contributed by atoms with Gasteiger partial charge < -0.3 is 4.57 Å². The van der Waals surface area contributed by atoms with Gasteiger partial charge in [-0.2, -0.15) is 0 Å². The zero-order chi connectivity index (χ0) is 23.9. The average molecular weight is 467 g/mol. The van der Waals surface area contributed by atoms with E-state index in [1.54, 1.807) is 0 Å². The van der Waals surface area contributed by atoms with Gasteiger partial charge in [-0.15, -0.1) is 0 Å². The molecule has 1 atom stereocenters. The van der Waals surface area contributed by atoms with Crippen LogP contribution in [0.3, 0.4) is 0 Å². The number of hydrogen-bond donors (Lipinski definition) is 0. The highest BCUT2D eigenvalue weighted by Crippen LogP contribution is 2.59. The van der Waals surface area contributed by atoms with Gasteiger partial charge in [0.25, 0.3) is 0 Å². The Balaban J connectivity index is 1.68. The lowest BCUT2D eigenvalue weighted by atomic mass is 9.99. The predicted octanol–water partition coefficient (Wildman–Crippen LogP) is 8.29. The number of allylic oxidation sites excluding steroid dienone is 2. The van der Waals surface area contributed by atoms with Crippen LogP contribution in [0.25, 0.3) is 10.8 Å². The lowest BCUT2D eigenvalue weighted by Gasteiger charge is -2.36. The maximum atomic E-state index is 15.1. The topological polar surface area (TPSA) is 17.1 Å². The maximum Gasteiger partial charge on any atom is 0.152 e. The molecule has 0 N–H and O–H groups in total. The first-order chi connectivity index (χ1) is 16.6. The lowest BCUT2D eigenvalue weighted by Crippen LogP contribution is -2.34. The van der Waals surface area contributed by atoms with Crippen LogP contribution in [0.15, 0.2) is 115 Å². The van der Waals surface area contributed by atoms with Crippen molar-refractivity contribution in [3.63, 3.8) is 0 Å². The molecule has 0 fully saturated rings. The predicted molar refractivity (Wildman–Crippen MR) is 149 cm³/mol. The van der Waals surface area contributed by atoms with Crippen LogP contribution in [-0.4, -0.2) is 5.16 Å². The fourth-order valence-electron chi connectivity index (χ4n) is 4.98. The van der Waals surface area contributed by atoms with Crippen molar-refractivity contribution in [2.24, 2.45) is 0 Å². The van der Waals surface area contributed by atoms with Crippen LogP contribution in [-0.2, 0) is 11.0 Å². The summed E-state index contributed by atoms with van der Waals surface area (Å²) in [4.78, 5) is 0. The quantitative estimate of drug-likeness (QED) is 0.170. The van der Waals surface area contributed by atoms with E-state index >= 15 is 4.57 Å². The van der Waals surface area contributed by atoms with E-state index in [1.807, 2.05) is 60.7 Å². The van der Waals surface area contributed by atoms with Crippen LogP contribution in [0.2, 0.25) is 0 Å². The minimum absolute atomic E-state index is 0.440. The highest BCUT2D eigenvalue weighted by Gasteiger charge is 2.44. The zero-order valence-electron chi connectivity index (χ0n) is 20.4. The minimum Gasteiger partial charge on any atom is -0.313 e. The molecule has 0 aliphatic carbocycles. The average Bonchev–Trinajstić information content (AvgIpc) is 2.90. The SMILES string of the molecule is CCCC[C@@](C)(/C=C/CCc1cccc2ccccc12)P(=O)(c1ccccc1)c1ccccc1. The first-order valence-corrected chi connectivity index (χ1v) is 14.1. The molecule has 0 aliphatic heterocycles. The van der Waals surface area contributed by atoms with Crippen molar-refractivity contribution in [1.29, 1.82) is 0 Å². The molecule has 0 heterocycles. The first-order valence-electron chi connectivity index (χ1n) is 12.4. The third kappa shape index (κ3) is 4.96. The van der Waals surface area contributed by atoms with Crippen LogP contribution >= 0.6 is 7.14 Å². The number of rotatable bonds is 10. The van der Waals surface area contributed by atoms with Gasteiger partial charge in [-0.1, -0.05) is 135 Å². The Morgan fingerprint density at radius 3 is 2.00 bits per heavy atom. The second-order valence-corrected chi connectivity index (χ2v) is 12.6. The van der Waals surface area contributed by atoms with Crippen molar-refractivity contribution < 1.29 is 4.57 Å². The van der Waals surface area contributed by atoms with Crippen LogP contribution in [0.1, 0.15) is 45.1 Å². The van der Waals surface area contributed by atoms with Crippen molar-refractivity contribution in [2.45, 2.75) is 51.1 Å². The maximum absolute atomic E-state index is 15.1. The molecule has 4 rings (SSSR count). The molecule has 0 bridgehead atoms. The normalized spacial score (nSPS) is 13.8. The van der Waals surface area contributed by atoms with Gasteiger partial charge in [0.1, 0.15) is 0 Å². The first kappa shape index (κ1) is 24.2. The van der Waals surface area contributed by atoms with Gasteiger partial charge in [0.05, 0.1) is 0 Å². The van der Waals surface area contributed by atoms with Gasteiger partial charge in [-0.3, -0.25) is 0 Å². The molecule has 2 heteroatoms. The molecular weight excluding hydrogens is 431 g/mol. The van der Waals surface area contributed by atoms with Crippen LogP contribution in [0.5, 0.6) is 0 Å². The van der Waals surface area contributed by atoms with Crippen molar-refractivity contribution in [2.75, 3.05) is 0 Å². The molecule has 0 radical (unpaired) electrons. The number of benzene rings is 4. The Labute approximate surface area is 204 Å². The molecule has 1 nitrogen and oxygen atoms in total. The highest BCUT2D eigenvalue weighted by atomic mass is 31.2. The summed E-state index contributed by atoms with van der Waals surface area (Å²) in [5, 5.41) is 4.06. The minimum atomic E-state index is -2.91. The monoisotopic (exact) mass is 466 g/mol. The summed E-state index contributed by atoms with van der Waals surface area (Å²) in [6.45, 7) is 4.42. The van der Waals surface area contributed by atoms with Crippen molar-refractivity contribution >= 4 is 28.5 Å². The molecule has 0 aromatic heterocycles. The number of hydrogen-bond acceptors (Lipinski definition) is 1. The number of aryl methyl sites for hydroxylation is 1. The Morgan fingerprint density at radius 1 is 0.765 bits per heavy atom. The second kappa shape index (κ2) is 11.0. The zero-order valence-corrected chi connectivity index (χ0v) is 21.3. The largest absolute Gasteiger partial charge is 0.313 e. The van der Waals surface area contributed by atoms with E-state index in [4.69, 9.17) is 0 Å². The van der Waals surface area contributed by atoms with Crippen LogP contribution < -0.4 is 10.6 Å². The van der Waals surface area contributed by atoms with E-state index in [-0.39, 0.29) is 0 Å². The highest BCUT2D eigenvalue weighted by molar-refractivity contribution is 7.80. The van der Waals surface area contributed by atoms with E-state index in [9.17, 15) is 0 Å². The smallest absolute Gasteiger partial charge is 0.152 e. The Morgan fingerprint density at radius 2 is 1.35 bits per heavy atom. The lowest BCUT2D eigenvalue weighted by molar-refractivity contribution is 0.545. The van der Waals surface area contributed by atoms with Crippen LogP contribution in [0, 0.1) is 0 Å². The molecule has 0 aliphatic rings. The summed E-state index contributed by atoms with van der Waals surface area (Å²) >= 11 is 0. The Bertz CT molecular complexity index is 1230. The van der Waals surface area contributed by atoms with E-state index in [0.717, 1.165) is 42.7 Å². The van der Waals surface area contributed by atoms with Gasteiger partial charge in [0.2, 0.25) is 0 Å². The van der Waals surface area contributed by atoms with Crippen molar-refractivity contribution in [3.8, 4) is 0 Å². The van der Waals surface area contributed by atoms with E-state index < -0.39 is 12.3 Å². The summed E-state index contributed by atoms with van der Waals surface area (Å²) < 4.78 is 15.1. The standard InChI is InChI=1S/C32H35OP/c1-3-4-25-32(2,26-14-13-17-28-19-15-18-27-16-11-12-24-31(27)28)34(33,29-20-7-5-8-21-29)30-22-9-6-10-23-30/h5-12,14-16,18-24,26H,3-4,13,17,25H2,1-2H3/b26-14+/t32-/m0/s1. The summed E-state index contributed by atoms with van der Waals surface area (Å²) in [7, 11) is -2.91. The second-order valence-electron chi connectivity index (χ2n) is 9.32. The summed E-state index contributed by atoms with van der Waals surface area (Å²) in [6, 6.07) is 35.3. The molecule has 0 spiro atoms. The van der Waals surface area contributed by atoms with Gasteiger partial charge >= 0.3 is 0 Å². The summed E-state index contributed by atoms with van der Waals surface area (Å²) in [5.74, 6) is 0. The molecule has 4 aromatic carbocycles. The van der Waals surface area contributed by atoms with Crippen molar-refractivity contribution in [1.82, 2.24) is 0 Å². The molecule has 174 valence electrons. The molecule has 0 saturated carbocycles. The van der Waals surface area contributed by atoms with E-state index in [1.165, 1.54) is 16.3 Å². The molecule has 34 heavy (non-hydrogen) atoms. The molecule has 4 aromatic rings. The summed E-state index contributed by atoms with van der Waals surface area (Å²) in [5.41, 5.74) is 1.37. The van der Waals surface area contributed by atoms with Gasteiger partial charge in [0.15, 0.2) is 7.14 Å². The molecule has 0 saturated heterocycles. The Kier molecular flexibility index (Phi) is 7.86. The molecule has 0 unspecified atom stereocenters. The van der Waals surface area contributed by atoms with E-state index in [2.05, 4.69) is 68.5 Å². The van der Waals surface area contributed by atoms with E-state index in [0.29, 0.717) is 0 Å². The molecular formula is C32H35OP. The van der Waals surface area contributed by atoms with Gasteiger partial charge in [-0.05, 0) is 42.5 Å². The summed E-state index contributed by atoms with van der Waals surface area (Å²) in [6.07, 6.45) is 9.48. The third-order valence-electron chi connectivity index (χ3n) is 6.93. The van der Waals surface area contributed by atoms with Gasteiger partial charge in [-0.25, -0.2) is 0 Å². The number of unbranched alkanes of at least 4 members (excludes halogenated alkanes) is 1. The van der Waals surface area contributed by atoms with Crippen LogP contribution in [0.4, 0.5) is 0 Å². The molecule has 0 amide bonds.